The van der Waals surface area contributed by atoms with Crippen LogP contribution < -0.4 is 16.4 Å². The highest BCUT2D eigenvalue weighted by Crippen LogP contribution is 2.22. The molecule has 0 aliphatic carbocycles. The summed E-state index contributed by atoms with van der Waals surface area (Å²) in [4.78, 5) is 22.8. The van der Waals surface area contributed by atoms with E-state index in [2.05, 4.69) is 8.75 Å². The Kier molecular flexibility index (Phi) is 3.81. The third-order valence-electron chi connectivity index (χ3n) is 1.43. The smallest absolute Gasteiger partial charge is 0.237 e. The molecule has 82 valence electrons. The van der Waals surface area contributed by atoms with Crippen molar-refractivity contribution in [2.24, 2.45) is 11.5 Å². The van der Waals surface area contributed by atoms with Gasteiger partial charge >= 0.3 is 0 Å². The van der Waals surface area contributed by atoms with E-state index in [0.29, 0.717) is 0 Å². The Bertz CT molecular complexity index is 365. The maximum Gasteiger partial charge on any atom is 0.237 e. The molecule has 0 unspecified atom stereocenters. The molecule has 4 N–H and O–H groups in total. The molecule has 0 fully saturated rings. The van der Waals surface area contributed by atoms with Gasteiger partial charge in [-0.1, -0.05) is 11.6 Å². The molecule has 2 amide bonds. The number of primary amides is 2. The number of hydrogen-bond acceptors (Lipinski definition) is 6. The summed E-state index contributed by atoms with van der Waals surface area (Å²) in [6, 6.07) is 0. The van der Waals surface area contributed by atoms with Gasteiger partial charge < -0.3 is 16.4 Å². The van der Waals surface area contributed by atoms with Crippen molar-refractivity contribution in [1.82, 2.24) is 8.75 Å². The van der Waals surface area contributed by atoms with E-state index < -0.39 is 11.8 Å². The zero-order valence-electron chi connectivity index (χ0n) is 7.51. The summed E-state index contributed by atoms with van der Waals surface area (Å²) in [5.41, 5.74) is 10.0. The van der Waals surface area contributed by atoms with Crippen molar-refractivity contribution >= 4 is 41.0 Å². The van der Waals surface area contributed by atoms with Crippen LogP contribution in [0.4, 0.5) is 5.82 Å². The molecule has 0 aliphatic heterocycles. The van der Waals surface area contributed by atoms with E-state index in [1.54, 1.807) is 0 Å². The summed E-state index contributed by atoms with van der Waals surface area (Å²) in [5, 5.41) is 0.113. The summed E-state index contributed by atoms with van der Waals surface area (Å²) in [6.07, 6.45) is 0. The van der Waals surface area contributed by atoms with Gasteiger partial charge in [0.2, 0.25) is 11.8 Å². The van der Waals surface area contributed by atoms with E-state index in [-0.39, 0.29) is 24.1 Å². The monoisotopic (exact) mass is 249 g/mol. The van der Waals surface area contributed by atoms with Gasteiger partial charge in [0.25, 0.3) is 0 Å². The van der Waals surface area contributed by atoms with Crippen LogP contribution in [0.1, 0.15) is 0 Å². The molecule has 0 aromatic carbocycles. The molecule has 0 radical (unpaired) electrons. The Morgan fingerprint density at radius 2 is 1.80 bits per heavy atom. The highest BCUT2D eigenvalue weighted by Gasteiger charge is 2.18. The van der Waals surface area contributed by atoms with E-state index in [0.717, 1.165) is 11.7 Å². The van der Waals surface area contributed by atoms with Gasteiger partial charge in [-0.2, -0.15) is 8.75 Å². The van der Waals surface area contributed by atoms with Crippen LogP contribution in [0.5, 0.6) is 0 Å². The highest BCUT2D eigenvalue weighted by molar-refractivity contribution is 6.99. The first-order valence-electron chi connectivity index (χ1n) is 3.80. The first kappa shape index (κ1) is 11.7. The van der Waals surface area contributed by atoms with E-state index in [9.17, 15) is 9.59 Å². The SMILES string of the molecule is NC(=O)CN(CC(N)=O)c1nsnc1Cl. The Morgan fingerprint density at radius 1 is 1.27 bits per heavy atom. The van der Waals surface area contributed by atoms with E-state index in [1.807, 2.05) is 0 Å². The van der Waals surface area contributed by atoms with Gasteiger partial charge in [0.15, 0.2) is 11.0 Å². The molecule has 1 aromatic rings. The van der Waals surface area contributed by atoms with E-state index in [1.165, 1.54) is 4.90 Å². The number of hydrogen-bond donors (Lipinski definition) is 2. The minimum atomic E-state index is -0.611. The lowest BCUT2D eigenvalue weighted by molar-refractivity contribution is -0.117. The van der Waals surface area contributed by atoms with Crippen molar-refractivity contribution in [2.45, 2.75) is 0 Å². The van der Waals surface area contributed by atoms with Crippen molar-refractivity contribution < 1.29 is 9.59 Å². The number of carbonyl (C=O) groups is 2. The van der Waals surface area contributed by atoms with Crippen LogP contribution >= 0.6 is 23.3 Å². The zero-order valence-corrected chi connectivity index (χ0v) is 9.09. The molecular weight excluding hydrogens is 242 g/mol. The summed E-state index contributed by atoms with van der Waals surface area (Å²) >= 11 is 6.56. The minimum Gasteiger partial charge on any atom is -0.368 e. The van der Waals surface area contributed by atoms with Gasteiger partial charge in [0, 0.05) is 0 Å². The molecule has 0 saturated heterocycles. The Labute approximate surface area is 94.3 Å². The summed E-state index contributed by atoms with van der Waals surface area (Å²) < 4.78 is 7.53. The molecule has 15 heavy (non-hydrogen) atoms. The Hall–Kier alpha value is -1.41. The van der Waals surface area contributed by atoms with E-state index >= 15 is 0 Å². The number of nitrogens with two attached hydrogens (primary N) is 2. The van der Waals surface area contributed by atoms with Crippen LogP contribution in [0.15, 0.2) is 0 Å². The van der Waals surface area contributed by atoms with Gasteiger partial charge in [-0.05, 0) is 0 Å². The maximum atomic E-state index is 10.7. The fourth-order valence-corrected chi connectivity index (χ4v) is 1.72. The Morgan fingerprint density at radius 3 is 2.13 bits per heavy atom. The summed E-state index contributed by atoms with van der Waals surface area (Å²) in [7, 11) is 0. The topological polar surface area (TPSA) is 115 Å². The van der Waals surface area contributed by atoms with Crippen LogP contribution in [-0.4, -0.2) is 33.7 Å². The lowest BCUT2D eigenvalue weighted by Crippen LogP contribution is -2.40. The van der Waals surface area contributed by atoms with Gasteiger partial charge in [-0.15, -0.1) is 0 Å². The van der Waals surface area contributed by atoms with Crippen LogP contribution in [0.25, 0.3) is 0 Å². The molecule has 1 heterocycles. The predicted molar refractivity (Wildman–Crippen MR) is 55.5 cm³/mol. The fraction of sp³-hybridized carbons (Fsp3) is 0.333. The number of rotatable bonds is 5. The number of carbonyl (C=O) groups excluding carboxylic acids is 2. The summed E-state index contributed by atoms with van der Waals surface area (Å²) in [6.45, 7) is -0.373. The standard InChI is InChI=1S/C6H8ClN5O2S/c7-5-6(11-15-10-5)12(1-3(8)13)2-4(9)14/h1-2H2,(H2,8,13)(H2,9,14). The third-order valence-corrected chi connectivity index (χ3v) is 2.30. The average molecular weight is 250 g/mol. The second kappa shape index (κ2) is 4.89. The second-order valence-corrected chi connectivity index (χ2v) is 3.55. The molecule has 1 aromatic heterocycles. The van der Waals surface area contributed by atoms with Crippen LogP contribution in [0.3, 0.4) is 0 Å². The van der Waals surface area contributed by atoms with Crippen molar-refractivity contribution in [1.29, 1.82) is 0 Å². The Balaban J connectivity index is 2.85. The zero-order chi connectivity index (χ0) is 11.4. The molecular formula is C6H8ClN5O2S. The number of halogens is 1. The molecule has 0 saturated carbocycles. The van der Waals surface area contributed by atoms with Crippen molar-refractivity contribution in [3.8, 4) is 0 Å². The lowest BCUT2D eigenvalue weighted by atomic mass is 10.4. The normalized spacial score (nSPS) is 9.93. The first-order chi connectivity index (χ1) is 7.00. The molecule has 1 rings (SSSR count). The van der Waals surface area contributed by atoms with Crippen molar-refractivity contribution in [3.63, 3.8) is 0 Å². The third kappa shape index (κ3) is 3.33. The highest BCUT2D eigenvalue weighted by atomic mass is 35.5. The molecule has 9 heteroatoms. The number of anilines is 1. The van der Waals surface area contributed by atoms with Crippen LogP contribution in [0.2, 0.25) is 5.15 Å². The van der Waals surface area contributed by atoms with Crippen LogP contribution in [-0.2, 0) is 9.59 Å². The average Bonchev–Trinajstić information content (AvgIpc) is 2.48. The summed E-state index contributed by atoms with van der Waals surface area (Å²) in [5.74, 6) is -0.986. The van der Waals surface area contributed by atoms with Crippen molar-refractivity contribution in [3.05, 3.63) is 5.15 Å². The van der Waals surface area contributed by atoms with Gasteiger partial charge in [-0.3, -0.25) is 9.59 Å². The molecule has 0 spiro atoms. The van der Waals surface area contributed by atoms with Crippen LogP contribution in [0, 0.1) is 0 Å². The maximum absolute atomic E-state index is 10.7. The number of aromatic nitrogens is 2. The van der Waals surface area contributed by atoms with Gasteiger partial charge in [0.1, 0.15) is 0 Å². The quantitative estimate of drug-likeness (QED) is 0.692. The first-order valence-corrected chi connectivity index (χ1v) is 4.91. The molecule has 7 nitrogen and oxygen atoms in total. The van der Waals surface area contributed by atoms with Crippen molar-refractivity contribution in [2.75, 3.05) is 18.0 Å². The number of nitrogens with zero attached hydrogens (tertiary/aromatic N) is 3. The lowest BCUT2D eigenvalue weighted by Gasteiger charge is -2.18. The second-order valence-electron chi connectivity index (χ2n) is 2.67. The van der Waals surface area contributed by atoms with Gasteiger partial charge in [0.05, 0.1) is 24.8 Å². The van der Waals surface area contributed by atoms with Gasteiger partial charge in [-0.25, -0.2) is 0 Å². The largest absolute Gasteiger partial charge is 0.368 e. The minimum absolute atomic E-state index is 0.113. The number of amides is 2. The van der Waals surface area contributed by atoms with E-state index in [4.69, 9.17) is 23.1 Å². The fourth-order valence-electron chi connectivity index (χ4n) is 0.944. The molecule has 0 bridgehead atoms. The molecule has 0 atom stereocenters. The molecule has 0 aliphatic rings. The predicted octanol–water partition coefficient (Wildman–Crippen LogP) is -1.03.